The zero-order valence-electron chi connectivity index (χ0n) is 13.1. The summed E-state index contributed by atoms with van der Waals surface area (Å²) in [7, 11) is 0. The van der Waals surface area contributed by atoms with Crippen LogP contribution in [0.2, 0.25) is 0 Å². The van der Waals surface area contributed by atoms with E-state index in [0.717, 1.165) is 31.0 Å². The van der Waals surface area contributed by atoms with E-state index in [1.807, 2.05) is 18.2 Å². The van der Waals surface area contributed by atoms with Crippen LogP contribution in [0.15, 0.2) is 34.9 Å². The Morgan fingerprint density at radius 1 is 1.33 bits per heavy atom. The minimum Gasteiger partial charge on any atom is -0.469 e. The summed E-state index contributed by atoms with van der Waals surface area (Å²) >= 11 is 0. The first kappa shape index (κ1) is 15.6. The maximum atomic E-state index is 5.73. The van der Waals surface area contributed by atoms with Crippen molar-refractivity contribution < 1.29 is 9.15 Å². The van der Waals surface area contributed by atoms with Crippen LogP contribution in [-0.4, -0.2) is 11.5 Å². The molecule has 0 aliphatic carbocycles. The van der Waals surface area contributed by atoms with Crippen LogP contribution in [-0.2, 0) is 19.6 Å². The number of hydrogen-bond acceptors (Lipinski definition) is 4. The maximum absolute atomic E-state index is 5.73. The maximum Gasteiger partial charge on any atom is 0.214 e. The van der Waals surface area contributed by atoms with Gasteiger partial charge in [0.25, 0.3) is 0 Å². The van der Waals surface area contributed by atoms with Crippen molar-refractivity contribution in [2.45, 2.75) is 40.3 Å². The molecule has 0 spiro atoms. The molecule has 0 aliphatic heterocycles. The molecule has 0 saturated carbocycles. The second-order valence-electron chi connectivity index (χ2n) is 5.55. The van der Waals surface area contributed by atoms with Crippen molar-refractivity contribution >= 4 is 0 Å². The predicted molar refractivity (Wildman–Crippen MR) is 83.2 cm³/mol. The van der Waals surface area contributed by atoms with Crippen molar-refractivity contribution in [2.75, 3.05) is 6.54 Å². The van der Waals surface area contributed by atoms with Gasteiger partial charge in [-0.25, -0.2) is 4.98 Å². The van der Waals surface area contributed by atoms with Gasteiger partial charge in [0.1, 0.15) is 12.4 Å². The van der Waals surface area contributed by atoms with E-state index in [1.165, 1.54) is 5.56 Å². The van der Waals surface area contributed by atoms with E-state index in [1.54, 1.807) is 6.26 Å². The summed E-state index contributed by atoms with van der Waals surface area (Å²) in [5.41, 5.74) is 2.25. The molecular formula is C17H24N2O2. The van der Waals surface area contributed by atoms with Crippen molar-refractivity contribution in [2.24, 2.45) is 5.92 Å². The highest BCUT2D eigenvalue weighted by molar-refractivity contribution is 5.25. The zero-order chi connectivity index (χ0) is 15.1. The van der Waals surface area contributed by atoms with E-state index >= 15 is 0 Å². The second-order valence-corrected chi connectivity index (χ2v) is 5.55. The fraction of sp³-hybridized carbons (Fsp3) is 0.471. The minimum atomic E-state index is 0.409. The highest BCUT2D eigenvalue weighted by Gasteiger charge is 2.05. The lowest BCUT2D eigenvalue weighted by Gasteiger charge is -2.11. The van der Waals surface area contributed by atoms with Crippen LogP contribution in [0.25, 0.3) is 0 Å². The standard InChI is InChI=1S/C17H24N2O2/c1-4-15-8-14(11-18-10-13(2)3)9-17(19-15)21-12-16-6-5-7-20-16/h5-9,13,18H,4,10-12H2,1-3H3. The van der Waals surface area contributed by atoms with Gasteiger partial charge in [-0.2, -0.15) is 0 Å². The lowest BCUT2D eigenvalue weighted by atomic mass is 10.2. The normalized spacial score (nSPS) is 11.0. The number of ether oxygens (including phenoxy) is 1. The molecule has 21 heavy (non-hydrogen) atoms. The largest absolute Gasteiger partial charge is 0.469 e. The molecule has 0 amide bonds. The van der Waals surface area contributed by atoms with Gasteiger partial charge in [0.15, 0.2) is 0 Å². The van der Waals surface area contributed by atoms with Crippen LogP contribution in [0.1, 0.15) is 37.8 Å². The summed E-state index contributed by atoms with van der Waals surface area (Å²) in [6, 6.07) is 7.88. The summed E-state index contributed by atoms with van der Waals surface area (Å²) in [5, 5.41) is 3.45. The van der Waals surface area contributed by atoms with Gasteiger partial charge >= 0.3 is 0 Å². The molecule has 1 N–H and O–H groups in total. The molecule has 0 aromatic carbocycles. The molecule has 2 rings (SSSR count). The molecule has 2 heterocycles. The molecule has 0 saturated heterocycles. The Hall–Kier alpha value is -1.81. The molecular weight excluding hydrogens is 264 g/mol. The van der Waals surface area contributed by atoms with Crippen molar-refractivity contribution in [1.29, 1.82) is 0 Å². The zero-order valence-corrected chi connectivity index (χ0v) is 13.1. The summed E-state index contributed by atoms with van der Waals surface area (Å²) < 4.78 is 11.0. The van der Waals surface area contributed by atoms with Crippen LogP contribution < -0.4 is 10.1 Å². The van der Waals surface area contributed by atoms with Gasteiger partial charge in [0, 0.05) is 18.3 Å². The number of nitrogens with zero attached hydrogens (tertiary/aromatic N) is 1. The van der Waals surface area contributed by atoms with Crippen molar-refractivity contribution in [3.8, 4) is 5.88 Å². The topological polar surface area (TPSA) is 47.3 Å². The smallest absolute Gasteiger partial charge is 0.214 e. The van der Waals surface area contributed by atoms with Crippen LogP contribution in [0.3, 0.4) is 0 Å². The van der Waals surface area contributed by atoms with Crippen LogP contribution >= 0.6 is 0 Å². The Morgan fingerprint density at radius 2 is 2.19 bits per heavy atom. The third kappa shape index (κ3) is 5.23. The fourth-order valence-electron chi connectivity index (χ4n) is 2.02. The van der Waals surface area contributed by atoms with Gasteiger partial charge in [-0.05, 0) is 42.6 Å². The monoisotopic (exact) mass is 288 g/mol. The molecule has 0 aliphatic rings. The first-order valence-corrected chi connectivity index (χ1v) is 7.53. The lowest BCUT2D eigenvalue weighted by Crippen LogP contribution is -2.19. The molecule has 0 fully saturated rings. The first-order chi connectivity index (χ1) is 10.2. The predicted octanol–water partition coefficient (Wildman–Crippen LogP) is 3.56. The van der Waals surface area contributed by atoms with E-state index in [0.29, 0.717) is 18.4 Å². The Kier molecular flexibility index (Phi) is 5.81. The number of nitrogens with one attached hydrogen (secondary N) is 1. The number of furan rings is 1. The third-order valence-corrected chi connectivity index (χ3v) is 3.10. The van der Waals surface area contributed by atoms with E-state index in [-0.39, 0.29) is 0 Å². The number of aromatic nitrogens is 1. The highest BCUT2D eigenvalue weighted by atomic mass is 16.5. The number of aryl methyl sites for hydroxylation is 1. The summed E-state index contributed by atoms with van der Waals surface area (Å²) in [5.74, 6) is 2.11. The second kappa shape index (κ2) is 7.84. The van der Waals surface area contributed by atoms with Crippen LogP contribution in [0, 0.1) is 5.92 Å². The molecule has 0 radical (unpaired) electrons. The highest BCUT2D eigenvalue weighted by Crippen LogP contribution is 2.15. The van der Waals surface area contributed by atoms with Gasteiger partial charge in [-0.15, -0.1) is 0 Å². The van der Waals surface area contributed by atoms with Crippen LogP contribution in [0.4, 0.5) is 0 Å². The molecule has 0 unspecified atom stereocenters. The van der Waals surface area contributed by atoms with Gasteiger partial charge in [0.05, 0.1) is 6.26 Å². The van der Waals surface area contributed by atoms with Crippen molar-refractivity contribution in [3.63, 3.8) is 0 Å². The van der Waals surface area contributed by atoms with Gasteiger partial charge in [0.2, 0.25) is 5.88 Å². The Bertz CT molecular complexity index is 536. The number of rotatable bonds is 8. The van der Waals surface area contributed by atoms with Gasteiger partial charge in [-0.1, -0.05) is 20.8 Å². The van der Waals surface area contributed by atoms with E-state index in [9.17, 15) is 0 Å². The van der Waals surface area contributed by atoms with E-state index < -0.39 is 0 Å². The molecule has 0 atom stereocenters. The molecule has 114 valence electrons. The first-order valence-electron chi connectivity index (χ1n) is 7.53. The molecule has 4 heteroatoms. The Balaban J connectivity index is 1.99. The summed E-state index contributed by atoms with van der Waals surface area (Å²) in [6.07, 6.45) is 2.55. The molecule has 2 aromatic rings. The van der Waals surface area contributed by atoms with Crippen LogP contribution in [0.5, 0.6) is 5.88 Å². The SMILES string of the molecule is CCc1cc(CNCC(C)C)cc(OCc2ccco2)n1. The summed E-state index contributed by atoms with van der Waals surface area (Å²) in [6.45, 7) is 8.76. The average Bonchev–Trinajstić information content (AvgIpc) is 2.98. The van der Waals surface area contributed by atoms with Gasteiger partial charge in [-0.3, -0.25) is 0 Å². The molecule has 2 aromatic heterocycles. The Labute approximate surface area is 126 Å². The molecule has 0 bridgehead atoms. The fourth-order valence-corrected chi connectivity index (χ4v) is 2.02. The minimum absolute atomic E-state index is 0.409. The molecule has 4 nitrogen and oxygen atoms in total. The number of pyridine rings is 1. The van der Waals surface area contributed by atoms with Crippen molar-refractivity contribution in [1.82, 2.24) is 10.3 Å². The average molecular weight is 288 g/mol. The number of hydrogen-bond donors (Lipinski definition) is 1. The van der Waals surface area contributed by atoms with E-state index in [4.69, 9.17) is 9.15 Å². The van der Waals surface area contributed by atoms with E-state index in [2.05, 4.69) is 37.1 Å². The van der Waals surface area contributed by atoms with Gasteiger partial charge < -0.3 is 14.5 Å². The Morgan fingerprint density at radius 3 is 2.86 bits per heavy atom. The quantitative estimate of drug-likeness (QED) is 0.807. The lowest BCUT2D eigenvalue weighted by molar-refractivity contribution is 0.259. The third-order valence-electron chi connectivity index (χ3n) is 3.10. The summed E-state index contributed by atoms with van der Waals surface area (Å²) in [4.78, 5) is 4.50. The van der Waals surface area contributed by atoms with Crippen molar-refractivity contribution in [3.05, 3.63) is 47.5 Å².